The van der Waals surface area contributed by atoms with Gasteiger partial charge < -0.3 is 15.0 Å². The number of nitrogens with zero attached hydrogens (tertiary/aromatic N) is 1. The molecule has 2 N–H and O–H groups in total. The van der Waals surface area contributed by atoms with Gasteiger partial charge in [-0.15, -0.1) is 0 Å². The van der Waals surface area contributed by atoms with Crippen molar-refractivity contribution in [2.24, 2.45) is 0 Å². The van der Waals surface area contributed by atoms with Crippen molar-refractivity contribution in [3.63, 3.8) is 0 Å². The number of aromatic nitrogens is 2. The standard InChI is InChI=1S/C14H15F2N3O/c15-14(16)20-11-5-1-9(2-6-11)12-7-18-13(19-12)8-17-10-3-4-10/h1-2,5-7,10,14,17H,3-4,8H2,(H,18,19). The summed E-state index contributed by atoms with van der Waals surface area (Å²) in [5.41, 5.74) is 1.75. The summed E-state index contributed by atoms with van der Waals surface area (Å²) in [5, 5.41) is 3.37. The molecule has 1 aromatic carbocycles. The van der Waals surface area contributed by atoms with E-state index in [1.54, 1.807) is 18.3 Å². The minimum atomic E-state index is -2.80. The van der Waals surface area contributed by atoms with E-state index in [1.807, 2.05) is 0 Å². The van der Waals surface area contributed by atoms with Crippen LogP contribution in [0, 0.1) is 0 Å². The van der Waals surface area contributed by atoms with E-state index in [4.69, 9.17) is 0 Å². The average molecular weight is 279 g/mol. The molecule has 0 aliphatic heterocycles. The predicted octanol–water partition coefficient (Wildman–Crippen LogP) is 2.93. The van der Waals surface area contributed by atoms with Crippen molar-refractivity contribution in [3.8, 4) is 17.0 Å². The van der Waals surface area contributed by atoms with E-state index in [0.717, 1.165) is 23.6 Å². The lowest BCUT2D eigenvalue weighted by molar-refractivity contribution is -0.0498. The Morgan fingerprint density at radius 2 is 2.05 bits per heavy atom. The van der Waals surface area contributed by atoms with Crippen LogP contribution in [0.4, 0.5) is 8.78 Å². The van der Waals surface area contributed by atoms with Gasteiger partial charge in [0.15, 0.2) is 0 Å². The van der Waals surface area contributed by atoms with E-state index in [2.05, 4.69) is 20.0 Å². The van der Waals surface area contributed by atoms with Crippen molar-refractivity contribution in [2.75, 3.05) is 0 Å². The Balaban J connectivity index is 1.65. The van der Waals surface area contributed by atoms with Gasteiger partial charge in [0.2, 0.25) is 0 Å². The van der Waals surface area contributed by atoms with Crippen molar-refractivity contribution >= 4 is 0 Å². The van der Waals surface area contributed by atoms with Gasteiger partial charge in [0.25, 0.3) is 0 Å². The zero-order chi connectivity index (χ0) is 13.9. The monoisotopic (exact) mass is 279 g/mol. The second-order valence-electron chi connectivity index (χ2n) is 4.80. The highest BCUT2D eigenvalue weighted by Gasteiger charge is 2.20. The van der Waals surface area contributed by atoms with Crippen LogP contribution in [-0.4, -0.2) is 22.6 Å². The van der Waals surface area contributed by atoms with Crippen LogP contribution in [-0.2, 0) is 6.54 Å². The third-order valence-corrected chi connectivity index (χ3v) is 3.15. The minimum Gasteiger partial charge on any atom is -0.435 e. The third-order valence-electron chi connectivity index (χ3n) is 3.15. The second kappa shape index (κ2) is 5.58. The van der Waals surface area contributed by atoms with Crippen molar-refractivity contribution in [1.29, 1.82) is 0 Å². The number of hydrogen-bond acceptors (Lipinski definition) is 3. The van der Waals surface area contributed by atoms with Crippen LogP contribution in [0.2, 0.25) is 0 Å². The molecule has 106 valence electrons. The Hall–Kier alpha value is -1.95. The molecule has 0 bridgehead atoms. The minimum absolute atomic E-state index is 0.152. The molecule has 0 atom stereocenters. The van der Waals surface area contributed by atoms with Crippen molar-refractivity contribution in [2.45, 2.75) is 32.0 Å². The first kappa shape index (κ1) is 13.1. The first-order valence-electron chi connectivity index (χ1n) is 6.53. The summed E-state index contributed by atoms with van der Waals surface area (Å²) in [4.78, 5) is 7.50. The first-order valence-corrected chi connectivity index (χ1v) is 6.53. The number of benzene rings is 1. The quantitative estimate of drug-likeness (QED) is 0.854. The second-order valence-corrected chi connectivity index (χ2v) is 4.80. The molecule has 1 aliphatic carbocycles. The Kier molecular flexibility index (Phi) is 3.64. The maximum atomic E-state index is 12.1. The molecule has 6 heteroatoms. The highest BCUT2D eigenvalue weighted by Crippen LogP contribution is 2.22. The molecule has 1 heterocycles. The number of hydrogen-bond donors (Lipinski definition) is 2. The molecule has 3 rings (SSSR count). The van der Waals surface area contributed by atoms with Gasteiger partial charge >= 0.3 is 6.61 Å². The SMILES string of the molecule is FC(F)Oc1ccc(-c2cnc(CNC3CC3)[nH]2)cc1. The first-order chi connectivity index (χ1) is 9.70. The summed E-state index contributed by atoms with van der Waals surface area (Å²) in [6.45, 7) is -2.08. The number of alkyl halides is 2. The molecule has 1 fully saturated rings. The molecule has 20 heavy (non-hydrogen) atoms. The summed E-state index contributed by atoms with van der Waals surface area (Å²) >= 11 is 0. The van der Waals surface area contributed by atoms with Gasteiger partial charge in [-0.3, -0.25) is 0 Å². The Morgan fingerprint density at radius 3 is 2.70 bits per heavy atom. The lowest BCUT2D eigenvalue weighted by Gasteiger charge is -2.04. The number of halogens is 2. The molecular formula is C14H15F2N3O. The van der Waals surface area contributed by atoms with E-state index in [1.165, 1.54) is 25.0 Å². The third kappa shape index (κ3) is 3.33. The van der Waals surface area contributed by atoms with Crippen LogP contribution in [0.15, 0.2) is 30.5 Å². The lowest BCUT2D eigenvalue weighted by Crippen LogP contribution is -2.16. The summed E-state index contributed by atoms with van der Waals surface area (Å²) in [7, 11) is 0. The van der Waals surface area contributed by atoms with Gasteiger partial charge in [0.1, 0.15) is 11.6 Å². The number of imidazole rings is 1. The van der Waals surface area contributed by atoms with Gasteiger partial charge in [-0.25, -0.2) is 4.98 Å². The number of nitrogens with one attached hydrogen (secondary N) is 2. The highest BCUT2D eigenvalue weighted by molar-refractivity contribution is 5.59. The summed E-state index contributed by atoms with van der Waals surface area (Å²) in [6, 6.07) is 7.12. The fourth-order valence-corrected chi connectivity index (χ4v) is 1.94. The van der Waals surface area contributed by atoms with E-state index < -0.39 is 6.61 Å². The largest absolute Gasteiger partial charge is 0.435 e. The molecular weight excluding hydrogens is 264 g/mol. The molecule has 1 saturated carbocycles. The van der Waals surface area contributed by atoms with Gasteiger partial charge in [-0.2, -0.15) is 8.78 Å². The summed E-state index contributed by atoms with van der Waals surface area (Å²) < 4.78 is 28.4. The molecule has 0 unspecified atom stereocenters. The Morgan fingerprint density at radius 1 is 1.30 bits per heavy atom. The van der Waals surface area contributed by atoms with Crippen LogP contribution >= 0.6 is 0 Å². The maximum Gasteiger partial charge on any atom is 0.387 e. The summed E-state index contributed by atoms with van der Waals surface area (Å²) in [5.74, 6) is 1.03. The zero-order valence-electron chi connectivity index (χ0n) is 10.8. The van der Waals surface area contributed by atoms with Crippen LogP contribution in [0.1, 0.15) is 18.7 Å². The van der Waals surface area contributed by atoms with Crippen LogP contribution in [0.25, 0.3) is 11.3 Å². The smallest absolute Gasteiger partial charge is 0.387 e. The molecule has 1 aliphatic rings. The molecule has 0 radical (unpaired) electrons. The molecule has 0 saturated heterocycles. The van der Waals surface area contributed by atoms with Gasteiger partial charge in [-0.1, -0.05) is 0 Å². The van der Waals surface area contributed by atoms with Crippen LogP contribution < -0.4 is 10.1 Å². The van der Waals surface area contributed by atoms with Crippen LogP contribution in [0.5, 0.6) is 5.75 Å². The van der Waals surface area contributed by atoms with Crippen molar-refractivity contribution in [3.05, 3.63) is 36.3 Å². The predicted molar refractivity (Wildman–Crippen MR) is 70.5 cm³/mol. The van der Waals surface area contributed by atoms with E-state index in [0.29, 0.717) is 6.04 Å². The number of rotatable bonds is 6. The van der Waals surface area contributed by atoms with E-state index in [-0.39, 0.29) is 5.75 Å². The molecule has 0 spiro atoms. The molecule has 0 amide bonds. The van der Waals surface area contributed by atoms with E-state index >= 15 is 0 Å². The van der Waals surface area contributed by atoms with Gasteiger partial charge in [0.05, 0.1) is 18.4 Å². The molecule has 2 aromatic rings. The van der Waals surface area contributed by atoms with Crippen molar-refractivity contribution < 1.29 is 13.5 Å². The van der Waals surface area contributed by atoms with Gasteiger partial charge in [0, 0.05) is 6.04 Å². The lowest BCUT2D eigenvalue weighted by atomic mass is 10.2. The molecule has 4 nitrogen and oxygen atoms in total. The Bertz CT molecular complexity index is 564. The molecule has 1 aromatic heterocycles. The van der Waals surface area contributed by atoms with Crippen LogP contribution in [0.3, 0.4) is 0 Å². The number of aromatic amines is 1. The summed E-state index contributed by atoms with van der Waals surface area (Å²) in [6.07, 6.45) is 4.21. The number of H-pyrrole nitrogens is 1. The van der Waals surface area contributed by atoms with Crippen molar-refractivity contribution in [1.82, 2.24) is 15.3 Å². The fourth-order valence-electron chi connectivity index (χ4n) is 1.94. The average Bonchev–Trinajstić information content (AvgIpc) is 3.14. The normalized spacial score (nSPS) is 14.8. The van der Waals surface area contributed by atoms with Gasteiger partial charge in [-0.05, 0) is 42.7 Å². The fraction of sp³-hybridized carbons (Fsp3) is 0.357. The maximum absolute atomic E-state index is 12.1. The van der Waals surface area contributed by atoms with E-state index in [9.17, 15) is 8.78 Å². The number of ether oxygens (including phenoxy) is 1. The Labute approximate surface area is 115 Å². The highest BCUT2D eigenvalue weighted by atomic mass is 19.3. The zero-order valence-corrected chi connectivity index (χ0v) is 10.8. The topological polar surface area (TPSA) is 49.9 Å².